The van der Waals surface area contributed by atoms with Gasteiger partial charge in [-0.1, -0.05) is 18.2 Å². The highest BCUT2D eigenvalue weighted by Gasteiger charge is 2.05. The molecule has 0 unspecified atom stereocenters. The first-order valence-corrected chi connectivity index (χ1v) is 8.21. The van der Waals surface area contributed by atoms with E-state index in [1.54, 1.807) is 11.3 Å². The topological polar surface area (TPSA) is 56.9 Å². The molecule has 0 saturated heterocycles. The Balaban J connectivity index is 1.46. The second-order valence-corrected chi connectivity index (χ2v) is 6.25. The molecule has 2 heterocycles. The largest absolute Gasteiger partial charge is 0.361 e. The summed E-state index contributed by atoms with van der Waals surface area (Å²) in [6, 6.07) is 10.1. The molecule has 0 spiro atoms. The highest BCUT2D eigenvalue weighted by atomic mass is 32.1. The summed E-state index contributed by atoms with van der Waals surface area (Å²) in [6.45, 7) is 3.27. The number of carbonyl (C=O) groups excluding carboxylic acids is 1. The number of para-hydroxylation sites is 1. The number of rotatable bonds is 5. The predicted octanol–water partition coefficient (Wildman–Crippen LogP) is 3.58. The first kappa shape index (κ1) is 14.7. The van der Waals surface area contributed by atoms with Gasteiger partial charge in [-0.05, 0) is 42.0 Å². The molecule has 0 fully saturated rings. The van der Waals surface area contributed by atoms with Crippen molar-refractivity contribution >= 4 is 28.3 Å². The van der Waals surface area contributed by atoms with Gasteiger partial charge in [-0.3, -0.25) is 0 Å². The van der Waals surface area contributed by atoms with E-state index in [0.29, 0.717) is 13.1 Å². The van der Waals surface area contributed by atoms with Crippen LogP contribution in [0.3, 0.4) is 0 Å². The number of aromatic nitrogens is 1. The van der Waals surface area contributed by atoms with Gasteiger partial charge in [0, 0.05) is 28.5 Å². The van der Waals surface area contributed by atoms with Crippen molar-refractivity contribution in [1.29, 1.82) is 0 Å². The Morgan fingerprint density at radius 3 is 2.91 bits per heavy atom. The fourth-order valence-corrected chi connectivity index (χ4v) is 3.30. The van der Waals surface area contributed by atoms with Gasteiger partial charge >= 0.3 is 6.03 Å². The lowest BCUT2D eigenvalue weighted by Crippen LogP contribution is -2.36. The lowest BCUT2D eigenvalue weighted by Gasteiger charge is -2.07. The lowest BCUT2D eigenvalue weighted by atomic mass is 10.1. The van der Waals surface area contributed by atoms with E-state index in [0.717, 1.165) is 11.9 Å². The standard InChI is InChI=1S/C17H19N3OS/c1-12-7-9-22-16(12)11-20-17(21)18-8-6-13-10-19-15-5-3-2-4-14(13)15/h2-5,7,9-10,19H,6,8,11H2,1H3,(H2,18,20,21). The van der Waals surface area contributed by atoms with E-state index in [1.807, 2.05) is 23.7 Å². The van der Waals surface area contributed by atoms with E-state index in [4.69, 9.17) is 0 Å². The third-order valence-corrected chi connectivity index (χ3v) is 4.76. The van der Waals surface area contributed by atoms with Crippen molar-refractivity contribution in [2.45, 2.75) is 19.9 Å². The summed E-state index contributed by atoms with van der Waals surface area (Å²) >= 11 is 1.67. The van der Waals surface area contributed by atoms with Crippen molar-refractivity contribution in [2.24, 2.45) is 0 Å². The average molecular weight is 313 g/mol. The minimum absolute atomic E-state index is 0.118. The molecule has 0 aliphatic rings. The van der Waals surface area contributed by atoms with Gasteiger partial charge in [-0.2, -0.15) is 0 Å². The molecule has 4 nitrogen and oxygen atoms in total. The van der Waals surface area contributed by atoms with Crippen LogP contribution in [0.1, 0.15) is 16.0 Å². The summed E-state index contributed by atoms with van der Waals surface area (Å²) in [7, 11) is 0. The maximum atomic E-state index is 11.8. The monoisotopic (exact) mass is 313 g/mol. The minimum atomic E-state index is -0.118. The van der Waals surface area contributed by atoms with Crippen molar-refractivity contribution in [3.8, 4) is 0 Å². The molecule has 114 valence electrons. The van der Waals surface area contributed by atoms with Crippen LogP contribution in [-0.2, 0) is 13.0 Å². The Kier molecular flexibility index (Phi) is 4.44. The van der Waals surface area contributed by atoms with Gasteiger partial charge in [0.2, 0.25) is 0 Å². The zero-order valence-corrected chi connectivity index (χ0v) is 13.3. The fraction of sp³-hybridized carbons (Fsp3) is 0.235. The zero-order chi connectivity index (χ0) is 15.4. The van der Waals surface area contributed by atoms with Gasteiger partial charge in [0.1, 0.15) is 0 Å². The molecule has 0 aliphatic heterocycles. The first-order chi connectivity index (χ1) is 10.7. The molecular formula is C17H19N3OS. The lowest BCUT2D eigenvalue weighted by molar-refractivity contribution is 0.240. The number of nitrogens with one attached hydrogen (secondary N) is 3. The Morgan fingerprint density at radius 1 is 1.23 bits per heavy atom. The molecule has 3 N–H and O–H groups in total. The third kappa shape index (κ3) is 3.31. The minimum Gasteiger partial charge on any atom is -0.361 e. The fourth-order valence-electron chi connectivity index (χ4n) is 2.46. The van der Waals surface area contributed by atoms with Gasteiger partial charge in [-0.15, -0.1) is 11.3 Å². The van der Waals surface area contributed by atoms with E-state index in [9.17, 15) is 4.79 Å². The Bertz CT molecular complexity index is 775. The molecule has 0 aliphatic carbocycles. The van der Waals surface area contributed by atoms with E-state index in [1.165, 1.54) is 21.4 Å². The maximum Gasteiger partial charge on any atom is 0.315 e. The molecule has 0 radical (unpaired) electrons. The van der Waals surface area contributed by atoms with Crippen molar-refractivity contribution in [3.05, 3.63) is 57.9 Å². The Labute approximate surface area is 133 Å². The number of benzene rings is 1. The summed E-state index contributed by atoms with van der Waals surface area (Å²) in [6.07, 6.45) is 2.83. The number of carbonyl (C=O) groups is 1. The molecule has 0 saturated carbocycles. The summed E-state index contributed by atoms with van der Waals surface area (Å²) in [5.41, 5.74) is 3.59. The van der Waals surface area contributed by atoms with Crippen LogP contribution in [0, 0.1) is 6.92 Å². The van der Waals surface area contributed by atoms with Gasteiger partial charge < -0.3 is 15.6 Å². The van der Waals surface area contributed by atoms with Crippen molar-refractivity contribution in [3.63, 3.8) is 0 Å². The molecule has 2 aromatic heterocycles. The van der Waals surface area contributed by atoms with Crippen molar-refractivity contribution in [2.75, 3.05) is 6.54 Å². The van der Waals surface area contributed by atoms with Gasteiger partial charge in [0.25, 0.3) is 0 Å². The number of aryl methyl sites for hydroxylation is 1. The third-order valence-electron chi connectivity index (χ3n) is 3.73. The highest BCUT2D eigenvalue weighted by Crippen LogP contribution is 2.17. The number of hydrogen-bond donors (Lipinski definition) is 3. The molecule has 1 aromatic carbocycles. The molecule has 2 amide bonds. The van der Waals surface area contributed by atoms with Crippen LogP contribution >= 0.6 is 11.3 Å². The maximum absolute atomic E-state index is 11.8. The van der Waals surface area contributed by atoms with Crippen LogP contribution < -0.4 is 10.6 Å². The van der Waals surface area contributed by atoms with Gasteiger partial charge in [0.15, 0.2) is 0 Å². The summed E-state index contributed by atoms with van der Waals surface area (Å²) in [4.78, 5) is 16.3. The average Bonchev–Trinajstić information content (AvgIpc) is 3.12. The molecule has 22 heavy (non-hydrogen) atoms. The summed E-state index contributed by atoms with van der Waals surface area (Å²) in [5, 5.41) is 9.07. The number of hydrogen-bond acceptors (Lipinski definition) is 2. The molecule has 5 heteroatoms. The zero-order valence-electron chi connectivity index (χ0n) is 12.5. The van der Waals surface area contributed by atoms with E-state index in [2.05, 4.69) is 40.7 Å². The van der Waals surface area contributed by atoms with Crippen molar-refractivity contribution < 1.29 is 4.79 Å². The number of amides is 2. The highest BCUT2D eigenvalue weighted by molar-refractivity contribution is 7.10. The number of aromatic amines is 1. The Hall–Kier alpha value is -2.27. The molecule has 0 bridgehead atoms. The number of H-pyrrole nitrogens is 1. The van der Waals surface area contributed by atoms with Crippen LogP contribution in [0.15, 0.2) is 41.9 Å². The molecule has 0 atom stereocenters. The van der Waals surface area contributed by atoms with Crippen LogP contribution in [-0.4, -0.2) is 17.6 Å². The Morgan fingerprint density at radius 2 is 2.09 bits per heavy atom. The first-order valence-electron chi connectivity index (χ1n) is 7.33. The second-order valence-electron chi connectivity index (χ2n) is 5.25. The summed E-state index contributed by atoms with van der Waals surface area (Å²) in [5.74, 6) is 0. The smallest absolute Gasteiger partial charge is 0.315 e. The van der Waals surface area contributed by atoms with Crippen LogP contribution in [0.4, 0.5) is 4.79 Å². The van der Waals surface area contributed by atoms with Crippen LogP contribution in [0.25, 0.3) is 10.9 Å². The van der Waals surface area contributed by atoms with Gasteiger partial charge in [0.05, 0.1) is 6.54 Å². The SMILES string of the molecule is Cc1ccsc1CNC(=O)NCCc1c[nH]c2ccccc12. The number of thiophene rings is 1. The van der Waals surface area contributed by atoms with Crippen molar-refractivity contribution in [1.82, 2.24) is 15.6 Å². The number of fused-ring (bicyclic) bond motifs is 1. The molecular weight excluding hydrogens is 294 g/mol. The van der Waals surface area contributed by atoms with Crippen LogP contribution in [0.5, 0.6) is 0 Å². The number of urea groups is 1. The van der Waals surface area contributed by atoms with E-state index in [-0.39, 0.29) is 6.03 Å². The van der Waals surface area contributed by atoms with E-state index >= 15 is 0 Å². The molecule has 3 rings (SSSR count). The van der Waals surface area contributed by atoms with Crippen LogP contribution in [0.2, 0.25) is 0 Å². The summed E-state index contributed by atoms with van der Waals surface area (Å²) < 4.78 is 0. The normalized spacial score (nSPS) is 10.8. The molecule has 3 aromatic rings. The van der Waals surface area contributed by atoms with Gasteiger partial charge in [-0.25, -0.2) is 4.79 Å². The second kappa shape index (κ2) is 6.66. The van der Waals surface area contributed by atoms with E-state index < -0.39 is 0 Å². The predicted molar refractivity (Wildman–Crippen MR) is 91.3 cm³/mol. The quantitative estimate of drug-likeness (QED) is 0.662.